The predicted octanol–water partition coefficient (Wildman–Crippen LogP) is 1.68. The van der Waals surface area contributed by atoms with Gasteiger partial charge in [-0.2, -0.15) is 0 Å². The highest BCUT2D eigenvalue weighted by atomic mass is 16.4. The van der Waals surface area contributed by atoms with Gasteiger partial charge < -0.3 is 4.42 Å². The SMILES string of the molecule is C=CCc1ccc(C)oc1=O. The van der Waals surface area contributed by atoms with Crippen molar-refractivity contribution in [3.05, 3.63) is 46.5 Å². The highest BCUT2D eigenvalue weighted by Gasteiger charge is 1.97. The van der Waals surface area contributed by atoms with Crippen molar-refractivity contribution < 1.29 is 4.42 Å². The quantitative estimate of drug-likeness (QED) is 0.600. The molecular formula is C9H10O2. The number of hydrogen-bond acceptors (Lipinski definition) is 2. The minimum Gasteiger partial charge on any atom is -0.428 e. The van der Waals surface area contributed by atoms with Crippen molar-refractivity contribution in [1.82, 2.24) is 0 Å². The Hall–Kier alpha value is -1.31. The van der Waals surface area contributed by atoms with Crippen LogP contribution in [0.5, 0.6) is 0 Å². The zero-order valence-corrected chi connectivity index (χ0v) is 6.46. The van der Waals surface area contributed by atoms with E-state index in [1.54, 1.807) is 25.1 Å². The van der Waals surface area contributed by atoms with Gasteiger partial charge in [0.1, 0.15) is 5.76 Å². The second-order valence-electron chi connectivity index (χ2n) is 2.35. The molecule has 0 unspecified atom stereocenters. The van der Waals surface area contributed by atoms with Crippen LogP contribution >= 0.6 is 0 Å². The summed E-state index contributed by atoms with van der Waals surface area (Å²) in [6.45, 7) is 5.29. The van der Waals surface area contributed by atoms with Gasteiger partial charge in [0.25, 0.3) is 0 Å². The Labute approximate surface area is 65.2 Å². The number of rotatable bonds is 2. The van der Waals surface area contributed by atoms with Gasteiger partial charge in [-0.05, 0) is 25.5 Å². The van der Waals surface area contributed by atoms with E-state index in [1.165, 1.54) is 0 Å². The van der Waals surface area contributed by atoms with Crippen LogP contribution in [0.1, 0.15) is 11.3 Å². The summed E-state index contributed by atoms with van der Waals surface area (Å²) >= 11 is 0. The Kier molecular flexibility index (Phi) is 2.26. The van der Waals surface area contributed by atoms with E-state index in [4.69, 9.17) is 4.42 Å². The molecule has 0 bridgehead atoms. The largest absolute Gasteiger partial charge is 0.428 e. The van der Waals surface area contributed by atoms with Crippen molar-refractivity contribution in [1.29, 1.82) is 0 Å². The van der Waals surface area contributed by atoms with E-state index in [9.17, 15) is 4.79 Å². The molecular weight excluding hydrogens is 140 g/mol. The Bertz CT molecular complexity index is 310. The van der Waals surface area contributed by atoms with E-state index in [2.05, 4.69) is 6.58 Å². The van der Waals surface area contributed by atoms with Gasteiger partial charge in [0.15, 0.2) is 0 Å². The molecule has 0 aromatic carbocycles. The first-order valence-corrected chi connectivity index (χ1v) is 3.44. The van der Waals surface area contributed by atoms with Crippen LogP contribution in [0.3, 0.4) is 0 Å². The monoisotopic (exact) mass is 150 g/mol. The van der Waals surface area contributed by atoms with Crippen molar-refractivity contribution in [2.75, 3.05) is 0 Å². The fraction of sp³-hybridized carbons (Fsp3) is 0.222. The van der Waals surface area contributed by atoms with Crippen LogP contribution in [0.4, 0.5) is 0 Å². The van der Waals surface area contributed by atoms with E-state index in [1.807, 2.05) is 0 Å². The lowest BCUT2D eigenvalue weighted by Gasteiger charge is -1.93. The molecule has 0 amide bonds. The topological polar surface area (TPSA) is 30.2 Å². The van der Waals surface area contributed by atoms with Crippen molar-refractivity contribution in [3.8, 4) is 0 Å². The summed E-state index contributed by atoms with van der Waals surface area (Å²) in [5, 5.41) is 0. The van der Waals surface area contributed by atoms with E-state index >= 15 is 0 Å². The molecule has 0 saturated carbocycles. The number of allylic oxidation sites excluding steroid dienone is 1. The van der Waals surface area contributed by atoms with Crippen molar-refractivity contribution >= 4 is 0 Å². The molecule has 2 nitrogen and oxygen atoms in total. The van der Waals surface area contributed by atoms with Crippen molar-refractivity contribution in [2.45, 2.75) is 13.3 Å². The number of aryl methyl sites for hydroxylation is 1. The lowest BCUT2D eigenvalue weighted by Crippen LogP contribution is -2.05. The van der Waals surface area contributed by atoms with Gasteiger partial charge in [0.05, 0.1) is 0 Å². The second kappa shape index (κ2) is 3.19. The van der Waals surface area contributed by atoms with E-state index in [-0.39, 0.29) is 5.63 Å². The third-order valence-corrected chi connectivity index (χ3v) is 1.40. The smallest absolute Gasteiger partial charge is 0.339 e. The zero-order chi connectivity index (χ0) is 8.27. The molecule has 0 aliphatic rings. The van der Waals surface area contributed by atoms with Crippen LogP contribution in [0.2, 0.25) is 0 Å². The Balaban J connectivity index is 3.09. The fourth-order valence-electron chi connectivity index (χ4n) is 0.839. The molecule has 2 heteroatoms. The molecule has 0 N–H and O–H groups in total. The van der Waals surface area contributed by atoms with Crippen LogP contribution < -0.4 is 5.63 Å². The Morgan fingerprint density at radius 2 is 2.36 bits per heavy atom. The standard InChI is InChI=1S/C9H10O2/c1-3-4-8-6-5-7(2)11-9(8)10/h3,5-6H,1,4H2,2H3. The van der Waals surface area contributed by atoms with Crippen molar-refractivity contribution in [3.63, 3.8) is 0 Å². The normalized spacial score (nSPS) is 9.55. The molecule has 1 rings (SSSR count). The van der Waals surface area contributed by atoms with E-state index in [0.29, 0.717) is 17.7 Å². The fourth-order valence-corrected chi connectivity index (χ4v) is 0.839. The first-order valence-electron chi connectivity index (χ1n) is 3.44. The molecule has 11 heavy (non-hydrogen) atoms. The summed E-state index contributed by atoms with van der Waals surface area (Å²) in [6.07, 6.45) is 2.25. The Morgan fingerprint density at radius 1 is 1.64 bits per heavy atom. The van der Waals surface area contributed by atoms with Crippen LogP contribution in [0.25, 0.3) is 0 Å². The van der Waals surface area contributed by atoms with Crippen LogP contribution in [0, 0.1) is 6.92 Å². The molecule has 0 spiro atoms. The lowest BCUT2D eigenvalue weighted by molar-refractivity contribution is 0.474. The minimum atomic E-state index is -0.259. The maximum absolute atomic E-state index is 11.0. The van der Waals surface area contributed by atoms with Crippen LogP contribution in [-0.2, 0) is 6.42 Å². The highest BCUT2D eigenvalue weighted by Crippen LogP contribution is 1.97. The molecule has 0 atom stereocenters. The average molecular weight is 150 g/mol. The number of hydrogen-bond donors (Lipinski definition) is 0. The van der Waals surface area contributed by atoms with E-state index < -0.39 is 0 Å². The molecule has 0 fully saturated rings. The zero-order valence-electron chi connectivity index (χ0n) is 6.46. The lowest BCUT2D eigenvalue weighted by atomic mass is 10.2. The van der Waals surface area contributed by atoms with Gasteiger partial charge in [0.2, 0.25) is 0 Å². The predicted molar refractivity (Wildman–Crippen MR) is 43.6 cm³/mol. The van der Waals surface area contributed by atoms with Gasteiger partial charge in [0, 0.05) is 5.56 Å². The molecule has 1 heterocycles. The summed E-state index contributed by atoms with van der Waals surface area (Å²) in [6, 6.07) is 3.54. The molecule has 1 aromatic rings. The maximum Gasteiger partial charge on any atom is 0.339 e. The summed E-state index contributed by atoms with van der Waals surface area (Å²) in [5.74, 6) is 0.641. The minimum absolute atomic E-state index is 0.259. The average Bonchev–Trinajstić information content (AvgIpc) is 1.95. The summed E-state index contributed by atoms with van der Waals surface area (Å²) in [4.78, 5) is 11.0. The third-order valence-electron chi connectivity index (χ3n) is 1.40. The van der Waals surface area contributed by atoms with Gasteiger partial charge in [-0.25, -0.2) is 4.79 Å². The van der Waals surface area contributed by atoms with Gasteiger partial charge in [-0.1, -0.05) is 6.08 Å². The Morgan fingerprint density at radius 3 is 2.91 bits per heavy atom. The summed E-state index contributed by atoms with van der Waals surface area (Å²) < 4.78 is 4.86. The molecule has 1 aromatic heterocycles. The first-order chi connectivity index (χ1) is 5.24. The first kappa shape index (κ1) is 7.79. The van der Waals surface area contributed by atoms with Gasteiger partial charge in [-0.15, -0.1) is 6.58 Å². The molecule has 0 saturated heterocycles. The molecule has 58 valence electrons. The molecule has 0 aliphatic heterocycles. The maximum atomic E-state index is 11.0. The van der Waals surface area contributed by atoms with Gasteiger partial charge >= 0.3 is 5.63 Å². The molecule has 0 radical (unpaired) electrons. The summed E-state index contributed by atoms with van der Waals surface area (Å²) in [5.41, 5.74) is 0.399. The summed E-state index contributed by atoms with van der Waals surface area (Å²) in [7, 11) is 0. The van der Waals surface area contributed by atoms with Crippen molar-refractivity contribution in [2.24, 2.45) is 0 Å². The molecule has 0 aliphatic carbocycles. The van der Waals surface area contributed by atoms with Crippen LogP contribution in [-0.4, -0.2) is 0 Å². The highest BCUT2D eigenvalue weighted by molar-refractivity contribution is 5.12. The third kappa shape index (κ3) is 1.80. The van der Waals surface area contributed by atoms with Crippen LogP contribution in [0.15, 0.2) is 34.0 Å². The van der Waals surface area contributed by atoms with E-state index in [0.717, 1.165) is 0 Å². The van der Waals surface area contributed by atoms with Gasteiger partial charge in [-0.3, -0.25) is 0 Å². The second-order valence-corrected chi connectivity index (χ2v) is 2.35.